The summed E-state index contributed by atoms with van der Waals surface area (Å²) in [6, 6.07) is 14.4. The Labute approximate surface area is 157 Å². The summed E-state index contributed by atoms with van der Waals surface area (Å²) in [4.78, 5) is 14.5. The van der Waals surface area contributed by atoms with Crippen molar-refractivity contribution in [2.24, 2.45) is 0 Å². The van der Waals surface area contributed by atoms with Crippen molar-refractivity contribution in [1.82, 2.24) is 10.2 Å². The lowest BCUT2D eigenvalue weighted by Gasteiger charge is -2.26. The van der Waals surface area contributed by atoms with E-state index in [1.54, 1.807) is 0 Å². The number of hydrogen-bond acceptors (Lipinski definition) is 2. The van der Waals surface area contributed by atoms with Crippen molar-refractivity contribution < 1.29 is 4.79 Å². The molecule has 140 valence electrons. The highest BCUT2D eigenvalue weighted by molar-refractivity contribution is 5.90. The second kappa shape index (κ2) is 9.39. The minimum atomic E-state index is -0.174. The number of anilines is 1. The summed E-state index contributed by atoms with van der Waals surface area (Å²) in [6.45, 7) is 6.90. The molecule has 4 nitrogen and oxygen atoms in total. The number of urea groups is 1. The number of amides is 2. The van der Waals surface area contributed by atoms with Crippen molar-refractivity contribution >= 4 is 11.7 Å². The van der Waals surface area contributed by atoms with Gasteiger partial charge in [-0.2, -0.15) is 0 Å². The van der Waals surface area contributed by atoms with Gasteiger partial charge in [0.05, 0.1) is 6.04 Å². The van der Waals surface area contributed by atoms with Crippen LogP contribution in [0.1, 0.15) is 41.6 Å². The normalized spacial score (nSPS) is 12.1. The van der Waals surface area contributed by atoms with E-state index in [0.717, 1.165) is 24.1 Å². The molecule has 0 bridgehead atoms. The van der Waals surface area contributed by atoms with Crippen molar-refractivity contribution in [3.8, 4) is 0 Å². The zero-order chi connectivity index (χ0) is 19.1. The van der Waals surface area contributed by atoms with Crippen LogP contribution in [0.25, 0.3) is 0 Å². The van der Waals surface area contributed by atoms with Crippen molar-refractivity contribution in [2.75, 3.05) is 26.0 Å². The summed E-state index contributed by atoms with van der Waals surface area (Å²) in [7, 11) is 4.09. The van der Waals surface area contributed by atoms with Crippen molar-refractivity contribution in [3.05, 3.63) is 64.7 Å². The molecule has 0 saturated carbocycles. The van der Waals surface area contributed by atoms with Crippen LogP contribution in [0.4, 0.5) is 10.5 Å². The summed E-state index contributed by atoms with van der Waals surface area (Å²) in [5.41, 5.74) is 5.85. The number of nitrogens with one attached hydrogen (secondary N) is 2. The highest BCUT2D eigenvalue weighted by atomic mass is 16.2. The number of para-hydroxylation sites is 1. The molecule has 26 heavy (non-hydrogen) atoms. The summed E-state index contributed by atoms with van der Waals surface area (Å²) in [5, 5.41) is 5.94. The summed E-state index contributed by atoms with van der Waals surface area (Å²) >= 11 is 0. The van der Waals surface area contributed by atoms with Crippen LogP contribution in [0.15, 0.2) is 42.5 Å². The first-order valence-corrected chi connectivity index (χ1v) is 9.28. The first-order chi connectivity index (χ1) is 12.4. The minimum Gasteiger partial charge on any atom is -0.336 e. The third-order valence-electron chi connectivity index (χ3n) is 4.75. The quantitative estimate of drug-likeness (QED) is 0.759. The molecule has 0 saturated heterocycles. The molecular formula is C22H31N3O. The van der Waals surface area contributed by atoms with E-state index in [0.29, 0.717) is 6.54 Å². The molecule has 2 amide bonds. The van der Waals surface area contributed by atoms with Gasteiger partial charge in [0.1, 0.15) is 0 Å². The van der Waals surface area contributed by atoms with E-state index in [1.165, 1.54) is 16.7 Å². The monoisotopic (exact) mass is 353 g/mol. The van der Waals surface area contributed by atoms with Gasteiger partial charge in [-0.1, -0.05) is 49.7 Å². The summed E-state index contributed by atoms with van der Waals surface area (Å²) in [6.07, 6.45) is 2.22. The van der Waals surface area contributed by atoms with Crippen molar-refractivity contribution in [1.29, 1.82) is 0 Å². The van der Waals surface area contributed by atoms with E-state index in [2.05, 4.69) is 47.6 Å². The molecule has 0 aliphatic heterocycles. The van der Waals surface area contributed by atoms with Gasteiger partial charge in [-0.05, 0) is 62.7 Å². The zero-order valence-electron chi connectivity index (χ0n) is 16.6. The van der Waals surface area contributed by atoms with Gasteiger partial charge in [-0.3, -0.25) is 0 Å². The van der Waals surface area contributed by atoms with E-state index < -0.39 is 0 Å². The van der Waals surface area contributed by atoms with E-state index in [1.807, 2.05) is 45.3 Å². The van der Waals surface area contributed by atoms with Crippen LogP contribution in [0.5, 0.6) is 0 Å². The van der Waals surface area contributed by atoms with Gasteiger partial charge in [-0.15, -0.1) is 0 Å². The molecule has 0 radical (unpaired) electrons. The van der Waals surface area contributed by atoms with E-state index >= 15 is 0 Å². The molecule has 2 rings (SSSR count). The third-order valence-corrected chi connectivity index (χ3v) is 4.75. The fraction of sp³-hybridized carbons (Fsp3) is 0.409. The molecule has 0 spiro atoms. The smallest absolute Gasteiger partial charge is 0.319 e. The van der Waals surface area contributed by atoms with Crippen LogP contribution in [-0.4, -0.2) is 31.6 Å². The predicted molar refractivity (Wildman–Crippen MR) is 110 cm³/mol. The number of benzene rings is 2. The Kier molecular flexibility index (Phi) is 7.22. The van der Waals surface area contributed by atoms with E-state index in [4.69, 9.17) is 0 Å². The average molecular weight is 354 g/mol. The number of likely N-dealkylation sites (N-methyl/N-ethyl adjacent to an activating group) is 1. The molecule has 0 aliphatic rings. The van der Waals surface area contributed by atoms with Crippen LogP contribution in [0.2, 0.25) is 0 Å². The number of aryl methyl sites for hydroxylation is 3. The molecule has 2 aromatic rings. The lowest BCUT2D eigenvalue weighted by Crippen LogP contribution is -2.37. The molecule has 2 aromatic carbocycles. The maximum absolute atomic E-state index is 12.3. The Bertz CT molecular complexity index is 740. The summed E-state index contributed by atoms with van der Waals surface area (Å²) < 4.78 is 0. The molecule has 0 aliphatic carbocycles. The Morgan fingerprint density at radius 2 is 1.81 bits per heavy atom. The van der Waals surface area contributed by atoms with Crippen LogP contribution in [-0.2, 0) is 6.42 Å². The summed E-state index contributed by atoms with van der Waals surface area (Å²) in [5.74, 6) is 0. The van der Waals surface area contributed by atoms with Crippen LogP contribution in [0.3, 0.4) is 0 Å². The molecule has 0 fully saturated rings. The largest absolute Gasteiger partial charge is 0.336 e. The Morgan fingerprint density at radius 3 is 2.46 bits per heavy atom. The van der Waals surface area contributed by atoms with Crippen LogP contribution >= 0.6 is 0 Å². The second-order valence-corrected chi connectivity index (χ2v) is 7.07. The molecule has 1 unspecified atom stereocenters. The topological polar surface area (TPSA) is 44.4 Å². The molecule has 4 heteroatoms. The van der Waals surface area contributed by atoms with Gasteiger partial charge < -0.3 is 15.5 Å². The SMILES string of the molecule is CCCc1cc(C(CNC(=O)Nc2ccccc2C)N(C)C)ccc1C. The van der Waals surface area contributed by atoms with E-state index in [9.17, 15) is 4.79 Å². The lowest BCUT2D eigenvalue weighted by atomic mass is 9.97. The minimum absolute atomic E-state index is 0.133. The molecule has 1 atom stereocenters. The predicted octanol–water partition coefficient (Wildman–Crippen LogP) is 4.68. The maximum Gasteiger partial charge on any atom is 0.319 e. The van der Waals surface area contributed by atoms with Gasteiger partial charge in [0.15, 0.2) is 0 Å². The highest BCUT2D eigenvalue weighted by Crippen LogP contribution is 2.22. The number of nitrogens with zero attached hydrogens (tertiary/aromatic N) is 1. The lowest BCUT2D eigenvalue weighted by molar-refractivity contribution is 0.243. The van der Waals surface area contributed by atoms with Gasteiger partial charge >= 0.3 is 6.03 Å². The number of hydrogen-bond donors (Lipinski definition) is 2. The molecular weight excluding hydrogens is 322 g/mol. The van der Waals surface area contributed by atoms with Crippen molar-refractivity contribution in [2.45, 2.75) is 39.7 Å². The molecule has 0 heterocycles. The van der Waals surface area contributed by atoms with Gasteiger partial charge in [0.2, 0.25) is 0 Å². The zero-order valence-corrected chi connectivity index (χ0v) is 16.6. The highest BCUT2D eigenvalue weighted by Gasteiger charge is 2.16. The molecule has 2 N–H and O–H groups in total. The Hall–Kier alpha value is -2.33. The van der Waals surface area contributed by atoms with Gasteiger partial charge in [0, 0.05) is 12.2 Å². The third kappa shape index (κ3) is 5.33. The fourth-order valence-electron chi connectivity index (χ4n) is 3.10. The first kappa shape index (κ1) is 20.0. The van der Waals surface area contributed by atoms with Crippen LogP contribution in [0, 0.1) is 13.8 Å². The van der Waals surface area contributed by atoms with E-state index in [-0.39, 0.29) is 12.1 Å². The Balaban J connectivity index is 2.05. The number of rotatable bonds is 7. The Morgan fingerprint density at radius 1 is 1.08 bits per heavy atom. The van der Waals surface area contributed by atoms with Gasteiger partial charge in [-0.25, -0.2) is 4.79 Å². The standard InChI is InChI=1S/C22H31N3O/c1-6-9-18-14-19(13-12-16(18)2)21(25(4)5)15-23-22(26)24-20-11-8-7-10-17(20)3/h7-8,10-14,21H,6,9,15H2,1-5H3,(H2,23,24,26). The first-order valence-electron chi connectivity index (χ1n) is 9.28. The fourth-order valence-corrected chi connectivity index (χ4v) is 3.10. The van der Waals surface area contributed by atoms with Gasteiger partial charge in [0.25, 0.3) is 0 Å². The van der Waals surface area contributed by atoms with Crippen molar-refractivity contribution in [3.63, 3.8) is 0 Å². The maximum atomic E-state index is 12.3. The number of carbonyl (C=O) groups excluding carboxylic acids is 1. The number of carbonyl (C=O) groups is 1. The average Bonchev–Trinajstić information content (AvgIpc) is 2.59. The van der Waals surface area contributed by atoms with Crippen LogP contribution < -0.4 is 10.6 Å². The second-order valence-electron chi connectivity index (χ2n) is 7.07. The molecule has 0 aromatic heterocycles.